The zero-order valence-electron chi connectivity index (χ0n) is 11.0. The molecule has 1 N–H and O–H groups in total. The van der Waals surface area contributed by atoms with E-state index in [0.29, 0.717) is 12.5 Å². The Kier molecular flexibility index (Phi) is 5.39. The van der Waals surface area contributed by atoms with Gasteiger partial charge >= 0.3 is 0 Å². The van der Waals surface area contributed by atoms with Crippen molar-refractivity contribution in [2.24, 2.45) is 5.92 Å². The second kappa shape index (κ2) is 7.05. The molecular weight excluding hydrogens is 244 g/mol. The van der Waals surface area contributed by atoms with E-state index in [1.54, 1.807) is 11.8 Å². The van der Waals surface area contributed by atoms with Crippen LogP contribution in [-0.4, -0.2) is 24.1 Å². The summed E-state index contributed by atoms with van der Waals surface area (Å²) in [6, 6.07) is 7.99. The van der Waals surface area contributed by atoms with Crippen molar-refractivity contribution in [3.05, 3.63) is 24.3 Å². The first kappa shape index (κ1) is 13.8. The van der Waals surface area contributed by atoms with E-state index in [4.69, 9.17) is 4.74 Å². The number of ether oxygens (including phenoxy) is 1. The first-order chi connectivity index (χ1) is 8.79. The Bertz CT molecular complexity index is 361. The lowest BCUT2D eigenvalue weighted by atomic mass is 10.0. The lowest BCUT2D eigenvalue weighted by Gasteiger charge is -2.17. The van der Waals surface area contributed by atoms with E-state index in [9.17, 15) is 5.11 Å². The van der Waals surface area contributed by atoms with Gasteiger partial charge in [-0.25, -0.2) is 0 Å². The molecular formula is C15H22O2S. The van der Waals surface area contributed by atoms with E-state index >= 15 is 0 Å². The van der Waals surface area contributed by atoms with Gasteiger partial charge in [-0.1, -0.05) is 37.8 Å². The van der Waals surface area contributed by atoms with Crippen LogP contribution in [-0.2, 0) is 0 Å². The standard InChI is InChI=1S/C15H22O2S/c1-18-15-9-5-4-8-14(15)17-11-13(16)10-12-6-2-3-7-12/h4-5,8-9,12-13,16H,2-3,6-7,10-11H2,1H3. The Balaban J connectivity index is 1.79. The fourth-order valence-electron chi connectivity index (χ4n) is 2.62. The summed E-state index contributed by atoms with van der Waals surface area (Å²) in [4.78, 5) is 1.13. The van der Waals surface area contributed by atoms with E-state index in [1.165, 1.54) is 25.7 Å². The van der Waals surface area contributed by atoms with E-state index in [1.807, 2.05) is 30.5 Å². The van der Waals surface area contributed by atoms with Gasteiger partial charge in [-0.2, -0.15) is 0 Å². The van der Waals surface area contributed by atoms with Crippen molar-refractivity contribution in [2.45, 2.75) is 43.1 Å². The highest BCUT2D eigenvalue weighted by Crippen LogP contribution is 2.30. The summed E-state index contributed by atoms with van der Waals surface area (Å²) < 4.78 is 5.73. The summed E-state index contributed by atoms with van der Waals surface area (Å²) in [6.45, 7) is 0.411. The largest absolute Gasteiger partial charge is 0.490 e. The van der Waals surface area contributed by atoms with Crippen LogP contribution >= 0.6 is 11.8 Å². The quantitative estimate of drug-likeness (QED) is 0.796. The molecule has 1 atom stereocenters. The van der Waals surface area contributed by atoms with Crippen molar-refractivity contribution >= 4 is 11.8 Å². The highest BCUT2D eigenvalue weighted by Gasteiger charge is 2.19. The number of hydrogen-bond acceptors (Lipinski definition) is 3. The zero-order valence-corrected chi connectivity index (χ0v) is 11.8. The van der Waals surface area contributed by atoms with Gasteiger partial charge in [0, 0.05) is 4.90 Å². The van der Waals surface area contributed by atoms with E-state index in [-0.39, 0.29) is 6.10 Å². The molecule has 3 heteroatoms. The third-order valence-electron chi connectivity index (χ3n) is 3.58. The second-order valence-electron chi connectivity index (χ2n) is 5.00. The molecule has 0 saturated heterocycles. The summed E-state index contributed by atoms with van der Waals surface area (Å²) in [5.41, 5.74) is 0. The van der Waals surface area contributed by atoms with Crippen LogP contribution < -0.4 is 4.74 Å². The second-order valence-corrected chi connectivity index (χ2v) is 5.85. The predicted molar refractivity (Wildman–Crippen MR) is 76.3 cm³/mol. The number of para-hydroxylation sites is 1. The van der Waals surface area contributed by atoms with E-state index in [0.717, 1.165) is 17.1 Å². The Morgan fingerprint density at radius 1 is 1.33 bits per heavy atom. The van der Waals surface area contributed by atoms with Crippen LogP contribution in [0.5, 0.6) is 5.75 Å². The minimum atomic E-state index is -0.331. The topological polar surface area (TPSA) is 29.5 Å². The van der Waals surface area contributed by atoms with Gasteiger partial charge in [0.2, 0.25) is 0 Å². The number of aliphatic hydroxyl groups excluding tert-OH is 1. The fourth-order valence-corrected chi connectivity index (χ4v) is 3.17. The van der Waals surface area contributed by atoms with Crippen molar-refractivity contribution in [1.29, 1.82) is 0 Å². The van der Waals surface area contributed by atoms with Crippen molar-refractivity contribution in [3.8, 4) is 5.75 Å². The summed E-state index contributed by atoms with van der Waals surface area (Å²) >= 11 is 1.67. The van der Waals surface area contributed by atoms with Crippen molar-refractivity contribution < 1.29 is 9.84 Å². The van der Waals surface area contributed by atoms with Gasteiger partial charge in [0.1, 0.15) is 12.4 Å². The van der Waals surface area contributed by atoms with Crippen LogP contribution in [0, 0.1) is 5.92 Å². The van der Waals surface area contributed by atoms with Gasteiger partial charge in [-0.15, -0.1) is 11.8 Å². The lowest BCUT2D eigenvalue weighted by molar-refractivity contribution is 0.0843. The molecule has 1 aromatic rings. The zero-order chi connectivity index (χ0) is 12.8. The molecule has 2 nitrogen and oxygen atoms in total. The molecule has 0 heterocycles. The molecule has 0 radical (unpaired) electrons. The Labute approximate surface area is 114 Å². The number of hydrogen-bond donors (Lipinski definition) is 1. The highest BCUT2D eigenvalue weighted by molar-refractivity contribution is 7.98. The number of aliphatic hydroxyl groups is 1. The maximum atomic E-state index is 10.0. The molecule has 1 unspecified atom stereocenters. The molecule has 1 aromatic carbocycles. The molecule has 0 bridgehead atoms. The van der Waals surface area contributed by atoms with Crippen molar-refractivity contribution in [2.75, 3.05) is 12.9 Å². The summed E-state index contributed by atoms with van der Waals surface area (Å²) in [5, 5.41) is 10.0. The summed E-state index contributed by atoms with van der Waals surface area (Å²) in [7, 11) is 0. The fraction of sp³-hybridized carbons (Fsp3) is 0.600. The molecule has 2 rings (SSSR count). The van der Waals surface area contributed by atoms with Gasteiger partial charge in [0.05, 0.1) is 6.10 Å². The first-order valence-electron chi connectivity index (χ1n) is 6.73. The van der Waals surface area contributed by atoms with Crippen LogP contribution in [0.3, 0.4) is 0 Å². The summed E-state index contributed by atoms with van der Waals surface area (Å²) in [6.07, 6.45) is 7.80. The SMILES string of the molecule is CSc1ccccc1OCC(O)CC1CCCC1. The monoisotopic (exact) mass is 266 g/mol. The average Bonchev–Trinajstić information content (AvgIpc) is 2.89. The number of rotatable bonds is 6. The lowest BCUT2D eigenvalue weighted by Crippen LogP contribution is -2.20. The van der Waals surface area contributed by atoms with Gasteiger partial charge in [-0.3, -0.25) is 0 Å². The smallest absolute Gasteiger partial charge is 0.132 e. The minimum Gasteiger partial charge on any atom is -0.490 e. The maximum Gasteiger partial charge on any atom is 0.132 e. The van der Waals surface area contributed by atoms with Gasteiger partial charge in [0.25, 0.3) is 0 Å². The molecule has 0 spiro atoms. The van der Waals surface area contributed by atoms with Crippen LogP contribution in [0.2, 0.25) is 0 Å². The van der Waals surface area contributed by atoms with E-state index < -0.39 is 0 Å². The van der Waals surface area contributed by atoms with Crippen LogP contribution in [0.15, 0.2) is 29.2 Å². The van der Waals surface area contributed by atoms with Crippen LogP contribution in [0.4, 0.5) is 0 Å². The normalized spacial score (nSPS) is 17.9. The third-order valence-corrected chi connectivity index (χ3v) is 4.36. The molecule has 1 aliphatic carbocycles. The Morgan fingerprint density at radius 3 is 2.78 bits per heavy atom. The Hall–Kier alpha value is -0.670. The Morgan fingerprint density at radius 2 is 2.06 bits per heavy atom. The van der Waals surface area contributed by atoms with E-state index in [2.05, 4.69) is 0 Å². The molecule has 1 fully saturated rings. The van der Waals surface area contributed by atoms with Crippen LogP contribution in [0.25, 0.3) is 0 Å². The summed E-state index contributed by atoms with van der Waals surface area (Å²) in [5.74, 6) is 1.59. The minimum absolute atomic E-state index is 0.331. The van der Waals surface area contributed by atoms with Crippen molar-refractivity contribution in [3.63, 3.8) is 0 Å². The molecule has 18 heavy (non-hydrogen) atoms. The average molecular weight is 266 g/mol. The number of benzene rings is 1. The molecule has 1 aliphatic rings. The van der Waals surface area contributed by atoms with Gasteiger partial charge in [-0.05, 0) is 30.7 Å². The molecule has 0 aromatic heterocycles. The van der Waals surface area contributed by atoms with Crippen LogP contribution in [0.1, 0.15) is 32.1 Å². The van der Waals surface area contributed by atoms with Gasteiger partial charge < -0.3 is 9.84 Å². The van der Waals surface area contributed by atoms with Gasteiger partial charge in [0.15, 0.2) is 0 Å². The number of thioether (sulfide) groups is 1. The molecule has 1 saturated carbocycles. The molecule has 100 valence electrons. The van der Waals surface area contributed by atoms with Crippen molar-refractivity contribution in [1.82, 2.24) is 0 Å². The molecule has 0 aliphatic heterocycles. The first-order valence-corrected chi connectivity index (χ1v) is 7.96. The third kappa shape index (κ3) is 3.92. The molecule has 0 amide bonds. The predicted octanol–water partition coefficient (Wildman–Crippen LogP) is 3.73. The highest BCUT2D eigenvalue weighted by atomic mass is 32.2. The maximum absolute atomic E-state index is 10.0.